The number of hydrogen-bond acceptors (Lipinski definition) is 3. The van der Waals surface area contributed by atoms with Crippen LogP contribution in [0.2, 0.25) is 0 Å². The summed E-state index contributed by atoms with van der Waals surface area (Å²) < 4.78 is 44.9. The highest BCUT2D eigenvalue weighted by Crippen LogP contribution is 2.48. The number of nitrogens with one attached hydrogen (secondary N) is 1. The van der Waals surface area contributed by atoms with E-state index in [0.717, 1.165) is 24.3 Å². The second kappa shape index (κ2) is 7.69. The monoisotopic (exact) mass is 379 g/mol. The van der Waals surface area contributed by atoms with Gasteiger partial charge in [-0.3, -0.25) is 4.79 Å². The van der Waals surface area contributed by atoms with Crippen molar-refractivity contribution >= 4 is 11.9 Å². The molecular formula is C19H16F3NO4. The summed E-state index contributed by atoms with van der Waals surface area (Å²) in [6.07, 6.45) is -0.968. The molecule has 0 heterocycles. The summed E-state index contributed by atoms with van der Waals surface area (Å²) in [4.78, 5) is 23.5. The van der Waals surface area contributed by atoms with Crippen LogP contribution in [0.5, 0.6) is 5.75 Å². The van der Waals surface area contributed by atoms with E-state index in [1.54, 1.807) is 0 Å². The zero-order chi connectivity index (χ0) is 19.6. The van der Waals surface area contributed by atoms with E-state index in [1.165, 1.54) is 18.2 Å². The number of carboxylic acids is 1. The normalized spacial score (nSPS) is 19.2. The van der Waals surface area contributed by atoms with Crippen LogP contribution < -0.4 is 10.1 Å². The maximum absolute atomic E-state index is 13.8. The molecule has 0 saturated heterocycles. The lowest BCUT2D eigenvalue weighted by Gasteiger charge is -2.16. The smallest absolute Gasteiger partial charge is 0.346 e. The molecule has 2 N–H and O–H groups in total. The quantitative estimate of drug-likeness (QED) is 0.776. The minimum atomic E-state index is -1.36. The topological polar surface area (TPSA) is 75.6 Å². The van der Waals surface area contributed by atoms with E-state index in [-0.39, 0.29) is 23.8 Å². The number of halogens is 3. The first-order valence-electron chi connectivity index (χ1n) is 8.23. The Morgan fingerprint density at radius 1 is 1.11 bits per heavy atom. The summed E-state index contributed by atoms with van der Waals surface area (Å²) >= 11 is 0. The highest BCUT2D eigenvalue weighted by atomic mass is 19.1. The van der Waals surface area contributed by atoms with Crippen LogP contribution in [-0.2, 0) is 9.59 Å². The average Bonchev–Trinajstić information content (AvgIpc) is 3.40. The number of ether oxygens (including phenoxy) is 1. The molecule has 0 bridgehead atoms. The van der Waals surface area contributed by atoms with Crippen molar-refractivity contribution in [1.29, 1.82) is 0 Å². The molecule has 3 rings (SSSR count). The highest BCUT2D eigenvalue weighted by Gasteiger charge is 2.45. The fraction of sp³-hybridized carbons (Fsp3) is 0.263. The van der Waals surface area contributed by atoms with Crippen LogP contribution in [-0.4, -0.2) is 29.6 Å². The molecule has 1 fully saturated rings. The zero-order valence-electron chi connectivity index (χ0n) is 14.0. The molecule has 1 aliphatic rings. The van der Waals surface area contributed by atoms with Gasteiger partial charge in [-0.25, -0.2) is 18.0 Å². The molecule has 0 aromatic heterocycles. The number of hydrogen-bond donors (Lipinski definition) is 2. The van der Waals surface area contributed by atoms with Crippen molar-refractivity contribution in [2.24, 2.45) is 5.92 Å². The number of amides is 1. The predicted octanol–water partition coefficient (Wildman–Crippen LogP) is 2.86. The lowest BCUT2D eigenvalue weighted by atomic mass is 10.1. The molecule has 142 valence electrons. The van der Waals surface area contributed by atoms with Crippen LogP contribution in [0, 0.1) is 23.4 Å². The first-order valence-corrected chi connectivity index (χ1v) is 8.23. The first-order chi connectivity index (χ1) is 12.8. The van der Waals surface area contributed by atoms with E-state index in [2.05, 4.69) is 5.32 Å². The SMILES string of the molecule is O=C(O)C(CNC(=O)C1CC1c1ccc(F)cc1F)Oc1ccc(F)cc1. The summed E-state index contributed by atoms with van der Waals surface area (Å²) in [6, 6.07) is 8.00. The largest absolute Gasteiger partial charge is 0.478 e. The number of aliphatic carboxylic acids is 1. The molecule has 3 unspecified atom stereocenters. The number of benzene rings is 2. The van der Waals surface area contributed by atoms with Crippen molar-refractivity contribution < 1.29 is 32.6 Å². The van der Waals surface area contributed by atoms with Gasteiger partial charge in [0.25, 0.3) is 0 Å². The van der Waals surface area contributed by atoms with Crippen LogP contribution >= 0.6 is 0 Å². The third-order valence-corrected chi connectivity index (χ3v) is 4.32. The summed E-state index contributed by atoms with van der Waals surface area (Å²) in [7, 11) is 0. The summed E-state index contributed by atoms with van der Waals surface area (Å²) in [5.74, 6) is -4.35. The molecule has 2 aromatic rings. The maximum atomic E-state index is 13.8. The van der Waals surface area contributed by atoms with E-state index < -0.39 is 41.4 Å². The molecule has 27 heavy (non-hydrogen) atoms. The van der Waals surface area contributed by atoms with E-state index in [0.29, 0.717) is 6.42 Å². The van der Waals surface area contributed by atoms with Gasteiger partial charge >= 0.3 is 5.97 Å². The second-order valence-electron chi connectivity index (χ2n) is 6.26. The second-order valence-corrected chi connectivity index (χ2v) is 6.26. The molecule has 0 aliphatic heterocycles. The van der Waals surface area contributed by atoms with Crippen molar-refractivity contribution in [3.8, 4) is 5.75 Å². The number of carboxylic acid groups (broad SMARTS) is 1. The average molecular weight is 379 g/mol. The van der Waals surface area contributed by atoms with E-state index in [1.807, 2.05) is 0 Å². The van der Waals surface area contributed by atoms with Crippen LogP contribution in [0.25, 0.3) is 0 Å². The molecule has 0 radical (unpaired) electrons. The molecule has 5 nitrogen and oxygen atoms in total. The van der Waals surface area contributed by atoms with E-state index in [9.17, 15) is 27.9 Å². The van der Waals surface area contributed by atoms with Crippen molar-refractivity contribution in [3.63, 3.8) is 0 Å². The Balaban J connectivity index is 1.55. The Morgan fingerprint density at radius 2 is 1.78 bits per heavy atom. The molecule has 3 atom stereocenters. The molecular weight excluding hydrogens is 363 g/mol. The van der Waals surface area contributed by atoms with Gasteiger partial charge in [0.15, 0.2) is 0 Å². The molecule has 1 saturated carbocycles. The molecule has 2 aromatic carbocycles. The Morgan fingerprint density at radius 3 is 2.41 bits per heavy atom. The van der Waals surface area contributed by atoms with Crippen LogP contribution in [0.15, 0.2) is 42.5 Å². The van der Waals surface area contributed by atoms with Crippen molar-refractivity contribution in [3.05, 3.63) is 65.5 Å². The van der Waals surface area contributed by atoms with Crippen molar-refractivity contribution in [2.45, 2.75) is 18.4 Å². The van der Waals surface area contributed by atoms with Crippen LogP contribution in [0.4, 0.5) is 13.2 Å². The fourth-order valence-electron chi connectivity index (χ4n) is 2.81. The lowest BCUT2D eigenvalue weighted by Crippen LogP contribution is -2.41. The first kappa shape index (κ1) is 18.8. The third-order valence-electron chi connectivity index (χ3n) is 4.32. The third kappa shape index (κ3) is 4.58. The van der Waals surface area contributed by atoms with Gasteiger partial charge in [-0.05, 0) is 48.2 Å². The van der Waals surface area contributed by atoms with Crippen LogP contribution in [0.1, 0.15) is 17.9 Å². The summed E-state index contributed by atoms with van der Waals surface area (Å²) in [5.41, 5.74) is 0.258. The van der Waals surface area contributed by atoms with E-state index in [4.69, 9.17) is 4.74 Å². The fourth-order valence-corrected chi connectivity index (χ4v) is 2.81. The van der Waals surface area contributed by atoms with Crippen LogP contribution in [0.3, 0.4) is 0 Å². The zero-order valence-corrected chi connectivity index (χ0v) is 14.0. The highest BCUT2D eigenvalue weighted by molar-refractivity contribution is 5.83. The van der Waals surface area contributed by atoms with Gasteiger partial charge in [0.1, 0.15) is 23.2 Å². The molecule has 1 aliphatic carbocycles. The Bertz CT molecular complexity index is 857. The Hall–Kier alpha value is -3.03. The van der Waals surface area contributed by atoms with Gasteiger partial charge in [-0.1, -0.05) is 6.07 Å². The van der Waals surface area contributed by atoms with Gasteiger partial charge in [-0.2, -0.15) is 0 Å². The lowest BCUT2D eigenvalue weighted by molar-refractivity contribution is -0.145. The number of carbonyl (C=O) groups is 2. The molecule has 0 spiro atoms. The number of carbonyl (C=O) groups excluding carboxylic acids is 1. The van der Waals surface area contributed by atoms with E-state index >= 15 is 0 Å². The Labute approximate surface area is 152 Å². The minimum absolute atomic E-state index is 0.149. The van der Waals surface area contributed by atoms with Gasteiger partial charge in [-0.15, -0.1) is 0 Å². The van der Waals surface area contributed by atoms with Crippen molar-refractivity contribution in [1.82, 2.24) is 5.32 Å². The molecule has 8 heteroatoms. The summed E-state index contributed by atoms with van der Waals surface area (Å²) in [6.45, 7) is -0.305. The standard InChI is InChI=1S/C19H16F3NO4/c20-10-1-4-12(5-2-10)27-17(19(25)26)9-23-18(24)15-8-14(15)13-6-3-11(21)7-16(13)22/h1-7,14-15,17H,8-9H2,(H,23,24)(H,25,26). The minimum Gasteiger partial charge on any atom is -0.478 e. The van der Waals surface area contributed by atoms with Gasteiger partial charge in [0.2, 0.25) is 12.0 Å². The van der Waals surface area contributed by atoms with Gasteiger partial charge in [0.05, 0.1) is 6.54 Å². The maximum Gasteiger partial charge on any atom is 0.346 e. The van der Waals surface area contributed by atoms with Gasteiger partial charge < -0.3 is 15.2 Å². The Kier molecular flexibility index (Phi) is 5.34. The van der Waals surface area contributed by atoms with Gasteiger partial charge in [0, 0.05) is 12.0 Å². The number of rotatable bonds is 7. The molecule has 1 amide bonds. The summed E-state index contributed by atoms with van der Waals surface area (Å²) in [5, 5.41) is 11.7. The predicted molar refractivity (Wildman–Crippen MR) is 88.7 cm³/mol. The van der Waals surface area contributed by atoms with Crippen molar-refractivity contribution in [2.75, 3.05) is 6.54 Å².